The van der Waals surface area contributed by atoms with Gasteiger partial charge in [0.1, 0.15) is 24.4 Å². The van der Waals surface area contributed by atoms with Crippen LogP contribution in [0.1, 0.15) is 65.5 Å². The minimum absolute atomic E-state index is 0.208. The number of carbonyl (C=O) groups excluding carboxylic acids is 4. The van der Waals surface area contributed by atoms with Crippen molar-refractivity contribution in [2.24, 2.45) is 0 Å². The van der Waals surface area contributed by atoms with Crippen LogP contribution in [0.25, 0.3) is 21.8 Å². The number of amides is 4. The van der Waals surface area contributed by atoms with E-state index in [9.17, 15) is 19.2 Å². The number of benzene rings is 4. The van der Waals surface area contributed by atoms with E-state index < -0.39 is 11.2 Å². The van der Waals surface area contributed by atoms with Crippen LogP contribution in [-0.4, -0.2) is 126 Å². The first-order chi connectivity index (χ1) is 32.6. The smallest absolute Gasteiger partial charge is 0.410 e. The maximum atomic E-state index is 12.9. The summed E-state index contributed by atoms with van der Waals surface area (Å²) in [6.07, 6.45) is 3.64. The summed E-state index contributed by atoms with van der Waals surface area (Å²) in [6, 6.07) is 34.7. The summed E-state index contributed by atoms with van der Waals surface area (Å²) in [5.74, 6) is 0. The molecule has 2 saturated heterocycles. The van der Waals surface area contributed by atoms with Gasteiger partial charge >= 0.3 is 24.4 Å². The van der Waals surface area contributed by atoms with Crippen molar-refractivity contribution < 1.29 is 38.1 Å². The first kappa shape index (κ1) is 48.8. The van der Waals surface area contributed by atoms with Crippen LogP contribution in [0.3, 0.4) is 0 Å². The molecule has 68 heavy (non-hydrogen) atoms. The Morgan fingerprint density at radius 2 is 1.03 bits per heavy atom. The number of piperazine rings is 2. The quantitative estimate of drug-likeness (QED) is 0.121. The van der Waals surface area contributed by atoms with Gasteiger partial charge in [0.05, 0.1) is 29.3 Å². The van der Waals surface area contributed by atoms with Crippen LogP contribution in [0.4, 0.5) is 19.2 Å². The summed E-state index contributed by atoms with van der Waals surface area (Å²) in [4.78, 5) is 58.2. The standard InChI is InChI=1S/2C26H32N4O4/c1-26(2,3)34-25(32)30-16-15-28(24(31)33-19-20-9-5-4-6-10-20)18-22(30)13-14-29-17-21-11-7-8-12-23(21)27-29;1-26(2,3)34-25(32)29-16-15-28(24(31)33-19-20-9-5-4-6-10-20)18-22(29)13-14-30-23-12-8-7-11-21(23)17-27-30/h2*4-12,17,22H,13-16,18-19H2,1-3H3/t2*22-/m11/s1. The third-order valence-electron chi connectivity index (χ3n) is 11.5. The van der Waals surface area contributed by atoms with Gasteiger partial charge in [0.2, 0.25) is 0 Å². The van der Waals surface area contributed by atoms with Crippen LogP contribution < -0.4 is 0 Å². The first-order valence-corrected chi connectivity index (χ1v) is 23.3. The Kier molecular flexibility index (Phi) is 15.9. The normalized spacial score (nSPS) is 16.5. The largest absolute Gasteiger partial charge is 0.445 e. The highest BCUT2D eigenvalue weighted by Gasteiger charge is 2.37. The number of hydrogen-bond donors (Lipinski definition) is 0. The fraction of sp³-hybridized carbons (Fsp3) is 0.423. The van der Waals surface area contributed by atoms with E-state index in [1.807, 2.05) is 172 Å². The molecule has 4 aromatic carbocycles. The van der Waals surface area contributed by atoms with E-state index in [1.165, 1.54) is 0 Å². The lowest BCUT2D eigenvalue weighted by Crippen LogP contribution is -2.57. The average molecular weight is 929 g/mol. The molecule has 16 heteroatoms. The van der Waals surface area contributed by atoms with Crippen molar-refractivity contribution >= 4 is 46.2 Å². The lowest BCUT2D eigenvalue weighted by Gasteiger charge is -2.41. The number of nitrogens with zero attached hydrogens (tertiary/aromatic N) is 8. The first-order valence-electron chi connectivity index (χ1n) is 23.3. The van der Waals surface area contributed by atoms with Gasteiger partial charge in [0.25, 0.3) is 0 Å². The van der Waals surface area contributed by atoms with Crippen LogP contribution in [0.2, 0.25) is 0 Å². The molecule has 360 valence electrons. The fourth-order valence-electron chi connectivity index (χ4n) is 8.17. The van der Waals surface area contributed by atoms with E-state index in [4.69, 9.17) is 18.9 Å². The van der Waals surface area contributed by atoms with Gasteiger partial charge < -0.3 is 38.5 Å². The highest BCUT2D eigenvalue weighted by atomic mass is 16.6. The van der Waals surface area contributed by atoms with Gasteiger partial charge in [-0.3, -0.25) is 9.36 Å². The molecule has 2 aliphatic rings. The Labute approximate surface area is 398 Å². The number of fused-ring (bicyclic) bond motifs is 2. The van der Waals surface area contributed by atoms with Crippen molar-refractivity contribution in [1.82, 2.24) is 39.2 Å². The third kappa shape index (κ3) is 13.7. The van der Waals surface area contributed by atoms with Crippen molar-refractivity contribution in [3.8, 4) is 0 Å². The Morgan fingerprint density at radius 1 is 0.559 bits per heavy atom. The van der Waals surface area contributed by atoms with Gasteiger partial charge in [0, 0.05) is 69.3 Å². The Balaban J connectivity index is 0.000000201. The van der Waals surface area contributed by atoms with E-state index in [1.54, 1.807) is 19.6 Å². The number of para-hydroxylation sites is 1. The van der Waals surface area contributed by atoms with E-state index in [2.05, 4.69) is 10.2 Å². The monoisotopic (exact) mass is 928 g/mol. The Bertz CT molecular complexity index is 2560. The van der Waals surface area contributed by atoms with Gasteiger partial charge in [-0.15, -0.1) is 0 Å². The van der Waals surface area contributed by atoms with Gasteiger partial charge in [-0.1, -0.05) is 97.1 Å². The summed E-state index contributed by atoms with van der Waals surface area (Å²) in [5, 5.41) is 11.3. The highest BCUT2D eigenvalue weighted by molar-refractivity contribution is 5.79. The molecular weight excluding hydrogens is 865 g/mol. The molecule has 0 spiro atoms. The molecule has 8 rings (SSSR count). The molecule has 0 bridgehead atoms. The average Bonchev–Trinajstić information content (AvgIpc) is 3.94. The lowest BCUT2D eigenvalue weighted by atomic mass is 10.1. The fourth-order valence-corrected chi connectivity index (χ4v) is 8.17. The maximum Gasteiger partial charge on any atom is 0.410 e. The van der Waals surface area contributed by atoms with Crippen LogP contribution in [-0.2, 0) is 45.3 Å². The summed E-state index contributed by atoms with van der Waals surface area (Å²) < 4.78 is 26.2. The molecule has 0 N–H and O–H groups in total. The second-order valence-corrected chi connectivity index (χ2v) is 19.1. The number of aromatic nitrogens is 4. The minimum Gasteiger partial charge on any atom is -0.445 e. The molecule has 0 unspecified atom stereocenters. The van der Waals surface area contributed by atoms with Gasteiger partial charge in [-0.2, -0.15) is 10.2 Å². The van der Waals surface area contributed by atoms with Gasteiger partial charge in [-0.25, -0.2) is 19.2 Å². The molecule has 16 nitrogen and oxygen atoms in total. The molecule has 0 aliphatic carbocycles. The van der Waals surface area contributed by atoms with Crippen LogP contribution in [0, 0.1) is 0 Å². The number of hydrogen-bond acceptors (Lipinski definition) is 10. The van der Waals surface area contributed by atoms with Crippen molar-refractivity contribution in [2.75, 3.05) is 39.3 Å². The van der Waals surface area contributed by atoms with E-state index >= 15 is 0 Å². The van der Waals surface area contributed by atoms with Crippen molar-refractivity contribution in [3.05, 3.63) is 133 Å². The van der Waals surface area contributed by atoms with Crippen LogP contribution in [0.5, 0.6) is 0 Å². The number of aryl methyl sites for hydroxylation is 2. The number of rotatable bonds is 10. The van der Waals surface area contributed by atoms with Crippen LogP contribution >= 0.6 is 0 Å². The SMILES string of the molecule is CC(C)(C)OC(=O)N1CCN(C(=O)OCc2ccccc2)C[C@H]1CCn1cc2ccccc2n1.CC(C)(C)OC(=O)N1CCN(C(=O)OCc2ccccc2)C[C@H]1CCn1ncc2ccccc21. The molecule has 2 aromatic heterocycles. The molecule has 0 radical (unpaired) electrons. The summed E-state index contributed by atoms with van der Waals surface area (Å²) in [5.41, 5.74) is 2.66. The summed E-state index contributed by atoms with van der Waals surface area (Å²) in [7, 11) is 0. The Hall–Kier alpha value is -7.10. The zero-order valence-electron chi connectivity index (χ0n) is 40.0. The summed E-state index contributed by atoms with van der Waals surface area (Å²) in [6.45, 7) is 15.1. The molecule has 0 saturated carbocycles. The van der Waals surface area contributed by atoms with Gasteiger partial charge in [-0.05, 0) is 77.6 Å². The van der Waals surface area contributed by atoms with Gasteiger partial charge in [0.15, 0.2) is 0 Å². The zero-order valence-corrected chi connectivity index (χ0v) is 40.0. The third-order valence-corrected chi connectivity index (χ3v) is 11.5. The minimum atomic E-state index is -0.592. The van der Waals surface area contributed by atoms with Crippen molar-refractivity contribution in [1.29, 1.82) is 0 Å². The molecule has 2 atom stereocenters. The van der Waals surface area contributed by atoms with E-state index in [0.29, 0.717) is 65.2 Å². The molecule has 2 aliphatic heterocycles. The molecule has 4 amide bonds. The predicted molar refractivity (Wildman–Crippen MR) is 259 cm³/mol. The molecule has 4 heterocycles. The van der Waals surface area contributed by atoms with Crippen molar-refractivity contribution in [3.63, 3.8) is 0 Å². The Morgan fingerprint density at radius 3 is 1.54 bits per heavy atom. The predicted octanol–water partition coefficient (Wildman–Crippen LogP) is 9.37. The van der Waals surface area contributed by atoms with Crippen LogP contribution in [0.15, 0.2) is 122 Å². The zero-order chi connectivity index (χ0) is 48.3. The highest BCUT2D eigenvalue weighted by Crippen LogP contribution is 2.23. The molecule has 2 fully saturated rings. The van der Waals surface area contributed by atoms with E-state index in [0.717, 1.165) is 32.9 Å². The lowest BCUT2D eigenvalue weighted by molar-refractivity contribution is -0.00554. The van der Waals surface area contributed by atoms with E-state index in [-0.39, 0.29) is 49.7 Å². The molecular formula is C52H64N8O8. The van der Waals surface area contributed by atoms with Crippen molar-refractivity contribution in [2.45, 2.75) is 104 Å². The number of carbonyl (C=O) groups is 4. The topological polar surface area (TPSA) is 154 Å². The molecule has 6 aromatic rings. The second kappa shape index (κ2) is 22.1. The second-order valence-electron chi connectivity index (χ2n) is 19.1. The number of ether oxygens (including phenoxy) is 4. The maximum absolute atomic E-state index is 12.9. The summed E-state index contributed by atoms with van der Waals surface area (Å²) >= 11 is 0.